The van der Waals surface area contributed by atoms with Crippen molar-refractivity contribution in [3.05, 3.63) is 40.5 Å². The molecule has 2 rings (SSSR count). The molecule has 0 N–H and O–H groups in total. The van der Waals surface area contributed by atoms with Gasteiger partial charge in [0.1, 0.15) is 5.75 Å². The molecule has 1 aromatic heterocycles. The van der Waals surface area contributed by atoms with Crippen molar-refractivity contribution in [2.45, 2.75) is 59.3 Å². The van der Waals surface area contributed by atoms with E-state index in [2.05, 4.69) is 17.1 Å². The second-order valence-corrected chi connectivity index (χ2v) is 6.85. The van der Waals surface area contributed by atoms with Gasteiger partial charge in [-0.05, 0) is 50.9 Å². The molecule has 8 heteroatoms. The summed E-state index contributed by atoms with van der Waals surface area (Å²) in [7, 11) is 1.94. The van der Waals surface area contributed by atoms with Gasteiger partial charge < -0.3 is 9.26 Å². The number of alkyl halides is 3. The molecular weight excluding hydrogens is 359 g/mol. The van der Waals surface area contributed by atoms with E-state index in [1.807, 2.05) is 31.0 Å². The lowest BCUT2D eigenvalue weighted by Crippen LogP contribution is -2.23. The summed E-state index contributed by atoms with van der Waals surface area (Å²) in [4.78, 5) is 6.46. The quantitative estimate of drug-likeness (QED) is 0.655. The van der Waals surface area contributed by atoms with Gasteiger partial charge in [0.05, 0.1) is 6.04 Å². The Morgan fingerprint density at radius 2 is 1.85 bits per heavy atom. The fraction of sp³-hybridized carbons (Fsp3) is 0.579. The number of ether oxygens (including phenoxy) is 1. The summed E-state index contributed by atoms with van der Waals surface area (Å²) in [5, 5.41) is 3.98. The average Bonchev–Trinajstić information content (AvgIpc) is 3.01. The maximum Gasteiger partial charge on any atom is 0.422 e. The Morgan fingerprint density at radius 3 is 2.41 bits per heavy atom. The van der Waals surface area contributed by atoms with Gasteiger partial charge in [-0.15, -0.1) is 0 Å². The Kier molecular flexibility index (Phi) is 6.86. The average molecular weight is 385 g/mol. The number of nitrogens with zero attached hydrogens (tertiary/aromatic N) is 3. The van der Waals surface area contributed by atoms with Crippen LogP contribution in [0, 0.1) is 13.8 Å². The zero-order valence-corrected chi connectivity index (χ0v) is 16.4. The lowest BCUT2D eigenvalue weighted by Gasteiger charge is -2.23. The third-order valence-corrected chi connectivity index (χ3v) is 4.31. The van der Waals surface area contributed by atoms with Crippen molar-refractivity contribution in [2.24, 2.45) is 0 Å². The van der Waals surface area contributed by atoms with E-state index in [1.165, 1.54) is 0 Å². The first-order chi connectivity index (χ1) is 12.6. The van der Waals surface area contributed by atoms with Gasteiger partial charge in [0.2, 0.25) is 5.89 Å². The lowest BCUT2D eigenvalue weighted by atomic mass is 10.0. The van der Waals surface area contributed by atoms with Gasteiger partial charge in [0.15, 0.2) is 12.4 Å². The van der Waals surface area contributed by atoms with E-state index in [1.54, 1.807) is 13.8 Å². The van der Waals surface area contributed by atoms with E-state index in [4.69, 9.17) is 9.26 Å². The fourth-order valence-electron chi connectivity index (χ4n) is 2.89. The van der Waals surface area contributed by atoms with E-state index >= 15 is 0 Å². The molecule has 2 aromatic rings. The topological polar surface area (TPSA) is 51.4 Å². The van der Waals surface area contributed by atoms with Gasteiger partial charge >= 0.3 is 6.18 Å². The summed E-state index contributed by atoms with van der Waals surface area (Å²) < 4.78 is 47.5. The molecule has 0 fully saturated rings. The second kappa shape index (κ2) is 8.73. The molecule has 1 aromatic carbocycles. The summed E-state index contributed by atoms with van der Waals surface area (Å²) >= 11 is 0. The smallest absolute Gasteiger partial charge is 0.422 e. The largest absolute Gasteiger partial charge is 0.484 e. The Morgan fingerprint density at radius 1 is 1.22 bits per heavy atom. The molecule has 0 aliphatic heterocycles. The Hall–Kier alpha value is -2.09. The summed E-state index contributed by atoms with van der Waals surface area (Å²) in [5.41, 5.74) is 2.34. The van der Waals surface area contributed by atoms with Crippen molar-refractivity contribution in [1.29, 1.82) is 0 Å². The number of benzene rings is 1. The van der Waals surface area contributed by atoms with Gasteiger partial charge in [-0.1, -0.05) is 24.2 Å². The van der Waals surface area contributed by atoms with Crippen molar-refractivity contribution < 1.29 is 22.4 Å². The van der Waals surface area contributed by atoms with E-state index in [0.29, 0.717) is 29.4 Å². The highest BCUT2D eigenvalue weighted by Gasteiger charge is 2.29. The number of rotatable bonds is 8. The first kappa shape index (κ1) is 21.2. The molecule has 1 atom stereocenters. The molecule has 0 unspecified atom stereocenters. The van der Waals surface area contributed by atoms with E-state index in [0.717, 1.165) is 18.4 Å². The minimum atomic E-state index is -4.35. The second-order valence-electron chi connectivity index (χ2n) is 6.85. The molecule has 0 bridgehead atoms. The highest BCUT2D eigenvalue weighted by atomic mass is 19.4. The fourth-order valence-corrected chi connectivity index (χ4v) is 2.89. The zero-order chi connectivity index (χ0) is 20.2. The first-order valence-electron chi connectivity index (χ1n) is 8.93. The monoisotopic (exact) mass is 385 g/mol. The number of aromatic nitrogens is 2. The summed E-state index contributed by atoms with van der Waals surface area (Å²) in [6.07, 6.45) is -2.63. The van der Waals surface area contributed by atoms with Gasteiger partial charge in [-0.3, -0.25) is 4.90 Å². The molecule has 150 valence electrons. The third kappa shape index (κ3) is 5.95. The van der Waals surface area contributed by atoms with E-state index in [9.17, 15) is 13.2 Å². The number of hydrogen-bond donors (Lipinski definition) is 0. The van der Waals surface area contributed by atoms with Gasteiger partial charge in [-0.25, -0.2) is 0 Å². The highest BCUT2D eigenvalue weighted by Crippen LogP contribution is 2.28. The van der Waals surface area contributed by atoms with E-state index < -0.39 is 12.8 Å². The Bertz CT molecular complexity index is 736. The molecule has 1 heterocycles. The van der Waals surface area contributed by atoms with Crippen molar-refractivity contribution >= 4 is 0 Å². The predicted octanol–water partition coefficient (Wildman–Crippen LogP) is 4.77. The maximum absolute atomic E-state index is 12.4. The number of aryl methyl sites for hydroxylation is 3. The van der Waals surface area contributed by atoms with Gasteiger partial charge in [0.25, 0.3) is 0 Å². The van der Waals surface area contributed by atoms with E-state index in [-0.39, 0.29) is 11.8 Å². The van der Waals surface area contributed by atoms with Crippen LogP contribution >= 0.6 is 0 Å². The van der Waals surface area contributed by atoms with Crippen LogP contribution in [0.15, 0.2) is 16.7 Å². The van der Waals surface area contributed by atoms with Crippen molar-refractivity contribution in [3.63, 3.8) is 0 Å². The predicted molar refractivity (Wildman–Crippen MR) is 95.6 cm³/mol. The van der Waals surface area contributed by atoms with Gasteiger partial charge in [0, 0.05) is 13.0 Å². The Labute approximate surface area is 157 Å². The number of hydrogen-bond acceptors (Lipinski definition) is 5. The zero-order valence-electron chi connectivity index (χ0n) is 16.4. The van der Waals surface area contributed by atoms with Crippen LogP contribution in [0.5, 0.6) is 5.75 Å². The van der Waals surface area contributed by atoms with Crippen LogP contribution in [-0.2, 0) is 13.0 Å². The van der Waals surface area contributed by atoms with Crippen LogP contribution < -0.4 is 4.74 Å². The van der Waals surface area contributed by atoms with Crippen LogP contribution in [-0.4, -0.2) is 34.9 Å². The normalized spacial score (nSPS) is 13.2. The van der Waals surface area contributed by atoms with Crippen molar-refractivity contribution in [2.75, 3.05) is 13.7 Å². The lowest BCUT2D eigenvalue weighted by molar-refractivity contribution is -0.153. The van der Waals surface area contributed by atoms with Gasteiger partial charge in [-0.2, -0.15) is 18.2 Å². The summed E-state index contributed by atoms with van der Waals surface area (Å²) in [5.74, 6) is 1.54. The standard InChI is InChI=1S/C19H26F3N3O2/c1-6-7-16-23-18(27-24-16)14(4)25(5)10-15-8-12(2)17(13(3)9-15)26-11-19(20,21)22/h8-9,14H,6-7,10-11H2,1-5H3/t14-/m0/s1. The molecule has 0 saturated carbocycles. The molecule has 0 aliphatic carbocycles. The molecule has 5 nitrogen and oxygen atoms in total. The molecule has 27 heavy (non-hydrogen) atoms. The number of halogens is 3. The maximum atomic E-state index is 12.4. The summed E-state index contributed by atoms with van der Waals surface area (Å²) in [6, 6.07) is 3.61. The van der Waals surface area contributed by atoms with Crippen molar-refractivity contribution in [1.82, 2.24) is 15.0 Å². The van der Waals surface area contributed by atoms with Crippen LogP contribution in [0.25, 0.3) is 0 Å². The minimum Gasteiger partial charge on any atom is -0.484 e. The molecule has 0 aliphatic rings. The molecule has 0 spiro atoms. The molecule has 0 radical (unpaired) electrons. The third-order valence-electron chi connectivity index (χ3n) is 4.31. The summed E-state index contributed by atoms with van der Waals surface area (Å²) in [6.45, 7) is 6.83. The SMILES string of the molecule is CCCc1noc([C@H](C)N(C)Cc2cc(C)c(OCC(F)(F)F)c(C)c2)n1. The highest BCUT2D eigenvalue weighted by molar-refractivity contribution is 5.43. The Balaban J connectivity index is 2.07. The molecule has 0 amide bonds. The van der Waals surface area contributed by atoms with Crippen LogP contribution in [0.3, 0.4) is 0 Å². The molecule has 0 saturated heterocycles. The molecular formula is C19H26F3N3O2. The van der Waals surface area contributed by atoms with Crippen LogP contribution in [0.4, 0.5) is 13.2 Å². The minimum absolute atomic E-state index is 0.0788. The van der Waals surface area contributed by atoms with Crippen LogP contribution in [0.2, 0.25) is 0 Å². The van der Waals surface area contributed by atoms with Crippen LogP contribution in [0.1, 0.15) is 54.7 Å². The van der Waals surface area contributed by atoms with Crippen molar-refractivity contribution in [3.8, 4) is 5.75 Å². The first-order valence-corrected chi connectivity index (χ1v) is 8.93.